The highest BCUT2D eigenvalue weighted by Gasteiger charge is 2.12. The second kappa shape index (κ2) is 11.0. The molecule has 1 atom stereocenters. The summed E-state index contributed by atoms with van der Waals surface area (Å²) >= 11 is 0. The maximum absolute atomic E-state index is 10.1. The molecule has 1 aromatic carbocycles. The van der Waals surface area contributed by atoms with E-state index in [-0.39, 0.29) is 30.5 Å². The van der Waals surface area contributed by atoms with Gasteiger partial charge in [-0.3, -0.25) is 0 Å². The molecule has 0 spiro atoms. The van der Waals surface area contributed by atoms with Gasteiger partial charge in [-0.15, -0.1) is 24.0 Å². The first-order valence-electron chi connectivity index (χ1n) is 7.98. The SMILES string of the molecule is CCNC(=NCC(O)c1ccco1)N(C)Cc1ccc(OC)cc1.I. The number of benzene rings is 1. The minimum Gasteiger partial charge on any atom is -0.497 e. The molecule has 138 valence electrons. The van der Waals surface area contributed by atoms with Gasteiger partial charge in [-0.1, -0.05) is 12.1 Å². The summed E-state index contributed by atoms with van der Waals surface area (Å²) in [6, 6.07) is 11.4. The summed E-state index contributed by atoms with van der Waals surface area (Å²) in [5.74, 6) is 2.09. The van der Waals surface area contributed by atoms with Gasteiger partial charge in [0, 0.05) is 20.1 Å². The Bertz CT molecular complexity index is 630. The maximum Gasteiger partial charge on any atom is 0.194 e. The molecule has 0 saturated carbocycles. The zero-order chi connectivity index (χ0) is 17.4. The number of hydrogen-bond donors (Lipinski definition) is 2. The lowest BCUT2D eigenvalue weighted by atomic mass is 10.2. The average molecular weight is 459 g/mol. The van der Waals surface area contributed by atoms with Gasteiger partial charge >= 0.3 is 0 Å². The summed E-state index contributed by atoms with van der Waals surface area (Å²) in [5.41, 5.74) is 1.15. The summed E-state index contributed by atoms with van der Waals surface area (Å²) < 4.78 is 10.4. The molecule has 0 amide bonds. The van der Waals surface area contributed by atoms with Crippen LogP contribution in [0.5, 0.6) is 5.75 Å². The van der Waals surface area contributed by atoms with Crippen molar-refractivity contribution in [2.75, 3.05) is 27.2 Å². The van der Waals surface area contributed by atoms with Crippen LogP contribution in [-0.2, 0) is 6.54 Å². The van der Waals surface area contributed by atoms with Gasteiger partial charge in [-0.2, -0.15) is 0 Å². The topological polar surface area (TPSA) is 70.2 Å². The van der Waals surface area contributed by atoms with E-state index in [0.717, 1.165) is 23.8 Å². The van der Waals surface area contributed by atoms with Gasteiger partial charge in [0.1, 0.15) is 17.6 Å². The first-order chi connectivity index (χ1) is 11.6. The Morgan fingerprint density at radius 3 is 2.60 bits per heavy atom. The Labute approximate surface area is 165 Å². The monoisotopic (exact) mass is 459 g/mol. The Hall–Kier alpha value is -1.74. The summed E-state index contributed by atoms with van der Waals surface area (Å²) in [6.45, 7) is 3.71. The molecule has 7 heteroatoms. The Kier molecular flexibility index (Phi) is 9.36. The fraction of sp³-hybridized carbons (Fsp3) is 0.389. The molecule has 2 aromatic rings. The van der Waals surface area contributed by atoms with Gasteiger partial charge in [0.05, 0.1) is 19.9 Å². The van der Waals surface area contributed by atoms with Crippen molar-refractivity contribution in [2.24, 2.45) is 4.99 Å². The van der Waals surface area contributed by atoms with Gasteiger partial charge in [0.15, 0.2) is 5.96 Å². The van der Waals surface area contributed by atoms with E-state index >= 15 is 0 Å². The van der Waals surface area contributed by atoms with Crippen molar-refractivity contribution in [2.45, 2.75) is 19.6 Å². The van der Waals surface area contributed by atoms with Gasteiger partial charge in [-0.25, -0.2) is 4.99 Å². The largest absolute Gasteiger partial charge is 0.497 e. The van der Waals surface area contributed by atoms with Crippen LogP contribution in [0, 0.1) is 0 Å². The number of furan rings is 1. The lowest BCUT2D eigenvalue weighted by molar-refractivity contribution is 0.158. The number of halogens is 1. The van der Waals surface area contributed by atoms with E-state index in [1.165, 1.54) is 0 Å². The van der Waals surface area contributed by atoms with Crippen LogP contribution in [0.15, 0.2) is 52.1 Å². The maximum atomic E-state index is 10.1. The highest BCUT2D eigenvalue weighted by Crippen LogP contribution is 2.14. The van der Waals surface area contributed by atoms with Crippen molar-refractivity contribution in [1.82, 2.24) is 10.2 Å². The number of ether oxygens (including phenoxy) is 1. The van der Waals surface area contributed by atoms with Gasteiger partial charge in [0.25, 0.3) is 0 Å². The lowest BCUT2D eigenvalue weighted by Gasteiger charge is -2.22. The summed E-state index contributed by atoms with van der Waals surface area (Å²) in [7, 11) is 3.62. The van der Waals surface area contributed by atoms with Crippen LogP contribution in [0.1, 0.15) is 24.4 Å². The third kappa shape index (κ3) is 6.58. The van der Waals surface area contributed by atoms with Crippen LogP contribution < -0.4 is 10.1 Å². The number of aliphatic imine (C=N–C) groups is 1. The van der Waals surface area contributed by atoms with Crippen LogP contribution in [0.4, 0.5) is 0 Å². The summed E-state index contributed by atoms with van der Waals surface area (Å²) in [4.78, 5) is 6.51. The molecule has 0 aliphatic rings. The number of nitrogens with zero attached hydrogens (tertiary/aromatic N) is 2. The van der Waals surface area contributed by atoms with E-state index in [0.29, 0.717) is 12.3 Å². The number of aliphatic hydroxyl groups is 1. The third-order valence-electron chi connectivity index (χ3n) is 3.56. The molecule has 0 radical (unpaired) electrons. The molecule has 0 saturated heterocycles. The molecule has 0 aliphatic heterocycles. The molecular weight excluding hydrogens is 433 g/mol. The van der Waals surface area contributed by atoms with Gasteiger partial charge in [0.2, 0.25) is 0 Å². The molecule has 25 heavy (non-hydrogen) atoms. The van der Waals surface area contributed by atoms with Crippen LogP contribution in [0.25, 0.3) is 0 Å². The van der Waals surface area contributed by atoms with Crippen molar-refractivity contribution in [3.63, 3.8) is 0 Å². The molecule has 2 rings (SSSR count). The number of rotatable bonds is 7. The molecule has 2 N–H and O–H groups in total. The quantitative estimate of drug-likeness (QED) is 0.379. The van der Waals surface area contributed by atoms with Crippen molar-refractivity contribution >= 4 is 29.9 Å². The highest BCUT2D eigenvalue weighted by molar-refractivity contribution is 14.0. The molecule has 1 aromatic heterocycles. The van der Waals surface area contributed by atoms with Crippen molar-refractivity contribution in [1.29, 1.82) is 0 Å². The number of aliphatic hydroxyl groups excluding tert-OH is 1. The highest BCUT2D eigenvalue weighted by atomic mass is 127. The Morgan fingerprint density at radius 1 is 1.32 bits per heavy atom. The van der Waals surface area contributed by atoms with Crippen molar-refractivity contribution < 1.29 is 14.3 Å². The van der Waals surface area contributed by atoms with E-state index in [2.05, 4.69) is 10.3 Å². The zero-order valence-electron chi connectivity index (χ0n) is 14.8. The molecule has 6 nitrogen and oxygen atoms in total. The van der Waals surface area contributed by atoms with Crippen LogP contribution >= 0.6 is 24.0 Å². The number of guanidine groups is 1. The van der Waals surface area contributed by atoms with Crippen LogP contribution in [-0.4, -0.2) is 43.2 Å². The molecule has 1 unspecified atom stereocenters. The minimum absolute atomic E-state index is 0. The number of nitrogens with one attached hydrogen (secondary N) is 1. The number of methoxy groups -OCH3 is 1. The lowest BCUT2D eigenvalue weighted by Crippen LogP contribution is -2.38. The van der Waals surface area contributed by atoms with Crippen molar-refractivity contribution in [3.05, 3.63) is 54.0 Å². The second-order valence-corrected chi connectivity index (χ2v) is 5.43. The van der Waals surface area contributed by atoms with Gasteiger partial charge in [-0.05, 0) is 36.8 Å². The fourth-order valence-electron chi connectivity index (χ4n) is 2.29. The second-order valence-electron chi connectivity index (χ2n) is 5.43. The van der Waals surface area contributed by atoms with E-state index in [9.17, 15) is 5.11 Å². The Balaban J connectivity index is 0.00000312. The fourth-order valence-corrected chi connectivity index (χ4v) is 2.29. The summed E-state index contributed by atoms with van der Waals surface area (Å²) in [5, 5.41) is 13.3. The molecule has 1 heterocycles. The smallest absolute Gasteiger partial charge is 0.194 e. The van der Waals surface area contributed by atoms with Crippen LogP contribution in [0.3, 0.4) is 0 Å². The minimum atomic E-state index is -0.747. The molecule has 0 aliphatic carbocycles. The predicted molar refractivity (Wildman–Crippen MR) is 110 cm³/mol. The van der Waals surface area contributed by atoms with E-state index in [4.69, 9.17) is 9.15 Å². The third-order valence-corrected chi connectivity index (χ3v) is 3.56. The van der Waals surface area contributed by atoms with Crippen molar-refractivity contribution in [3.8, 4) is 5.75 Å². The van der Waals surface area contributed by atoms with E-state index < -0.39 is 6.10 Å². The average Bonchev–Trinajstić information content (AvgIpc) is 3.13. The first kappa shape index (κ1) is 21.3. The normalized spacial score (nSPS) is 12.2. The van der Waals surface area contributed by atoms with Gasteiger partial charge < -0.3 is 24.5 Å². The van der Waals surface area contributed by atoms with Crippen LogP contribution in [0.2, 0.25) is 0 Å². The molecular formula is C18H26IN3O3. The standard InChI is InChI=1S/C18H25N3O3.HI/c1-4-19-18(20-12-16(22)17-6-5-11-24-17)21(2)13-14-7-9-15(23-3)10-8-14;/h5-11,16,22H,4,12-13H2,1-3H3,(H,19,20);1H. The zero-order valence-corrected chi connectivity index (χ0v) is 17.1. The predicted octanol–water partition coefficient (Wildman–Crippen LogP) is 3.04. The van der Waals surface area contributed by atoms with E-state index in [1.807, 2.05) is 43.1 Å². The first-order valence-corrected chi connectivity index (χ1v) is 7.98. The molecule has 0 fully saturated rings. The number of hydrogen-bond acceptors (Lipinski definition) is 4. The Morgan fingerprint density at radius 2 is 2.04 bits per heavy atom. The molecule has 0 bridgehead atoms. The van der Waals surface area contributed by atoms with E-state index in [1.54, 1.807) is 25.5 Å². The summed E-state index contributed by atoms with van der Waals surface area (Å²) in [6.07, 6.45) is 0.798.